The van der Waals surface area contributed by atoms with Crippen molar-refractivity contribution in [3.05, 3.63) is 82.8 Å². The van der Waals surface area contributed by atoms with Crippen LogP contribution in [0.1, 0.15) is 39.7 Å². The Bertz CT molecular complexity index is 1460. The number of nitrogens with zero attached hydrogens (tertiary/aromatic N) is 2. The van der Waals surface area contributed by atoms with E-state index in [9.17, 15) is 18.0 Å². The lowest BCUT2D eigenvalue weighted by molar-refractivity contribution is -0.140. The van der Waals surface area contributed by atoms with Crippen molar-refractivity contribution in [3.63, 3.8) is 0 Å². The molecule has 0 saturated heterocycles. The van der Waals surface area contributed by atoms with E-state index in [1.54, 1.807) is 61.7 Å². The van der Waals surface area contributed by atoms with Crippen LogP contribution in [0.25, 0.3) is 0 Å². The van der Waals surface area contributed by atoms with Crippen LogP contribution in [-0.2, 0) is 26.2 Å². The van der Waals surface area contributed by atoms with Gasteiger partial charge in [-0.2, -0.15) is 0 Å². The molecule has 0 fully saturated rings. The van der Waals surface area contributed by atoms with Gasteiger partial charge < -0.3 is 19.7 Å². The Labute approximate surface area is 263 Å². The van der Waals surface area contributed by atoms with E-state index in [1.165, 1.54) is 17.0 Å². The largest absolute Gasteiger partial charge is 0.497 e. The summed E-state index contributed by atoms with van der Waals surface area (Å²) in [4.78, 5) is 29.0. The normalized spacial score (nSPS) is 12.0. The number of carbonyl (C=O) groups is 2. The van der Waals surface area contributed by atoms with E-state index in [1.807, 2.05) is 33.8 Å². The van der Waals surface area contributed by atoms with Gasteiger partial charge in [-0.3, -0.25) is 13.9 Å². The van der Waals surface area contributed by atoms with E-state index >= 15 is 0 Å². The second kappa shape index (κ2) is 15.8. The molecule has 0 aliphatic heterocycles. The fraction of sp³-hybridized carbons (Fsp3) is 0.375. The zero-order chi connectivity index (χ0) is 31.6. The quantitative estimate of drug-likeness (QED) is 0.224. The number of sulfonamides is 1. The van der Waals surface area contributed by atoms with Crippen molar-refractivity contribution in [2.45, 2.75) is 51.6 Å². The van der Waals surface area contributed by atoms with Crippen LogP contribution in [0.3, 0.4) is 0 Å². The van der Waals surface area contributed by atoms with Crippen LogP contribution in [0.5, 0.6) is 11.5 Å². The van der Waals surface area contributed by atoms with Crippen LogP contribution in [0.2, 0.25) is 0 Å². The number of anilines is 1. The summed E-state index contributed by atoms with van der Waals surface area (Å²) in [5.74, 6) is 0.581. The standard InChI is InChI=1S/C32H40BrN3O6S/c1-6-30(32(38)34-20-23(3)4)35(21-24-9-8-10-28(19-24)41-5)31(37)22-36(26-13-15-27(16-14-26)42-7-2)43(39,40)29-17-11-25(33)12-18-29/h8-19,23,30H,6-7,20-22H2,1-5H3,(H,34,38). The Balaban J connectivity index is 2.06. The smallest absolute Gasteiger partial charge is 0.264 e. The molecule has 0 spiro atoms. The number of amides is 2. The molecule has 232 valence electrons. The van der Waals surface area contributed by atoms with Crippen LogP contribution < -0.4 is 19.1 Å². The molecule has 3 rings (SSSR count). The predicted octanol–water partition coefficient (Wildman–Crippen LogP) is 5.63. The predicted molar refractivity (Wildman–Crippen MR) is 172 cm³/mol. The zero-order valence-electron chi connectivity index (χ0n) is 25.2. The molecule has 0 aromatic heterocycles. The maximum Gasteiger partial charge on any atom is 0.264 e. The minimum atomic E-state index is -4.18. The Morgan fingerprint density at radius 3 is 2.21 bits per heavy atom. The number of rotatable bonds is 15. The highest BCUT2D eigenvalue weighted by atomic mass is 79.9. The fourth-order valence-corrected chi connectivity index (χ4v) is 6.13. The monoisotopic (exact) mass is 673 g/mol. The molecule has 1 N–H and O–H groups in total. The Morgan fingerprint density at radius 2 is 1.63 bits per heavy atom. The molecule has 3 aromatic carbocycles. The van der Waals surface area contributed by atoms with Crippen molar-refractivity contribution in [2.24, 2.45) is 5.92 Å². The first-order valence-electron chi connectivity index (χ1n) is 14.2. The number of hydrogen-bond acceptors (Lipinski definition) is 6. The van der Waals surface area contributed by atoms with Gasteiger partial charge in [-0.05, 0) is 85.5 Å². The molecule has 43 heavy (non-hydrogen) atoms. The SMILES string of the molecule is CCOc1ccc(N(CC(=O)N(Cc2cccc(OC)c2)C(CC)C(=O)NCC(C)C)S(=O)(=O)c2ccc(Br)cc2)cc1. The molecule has 1 atom stereocenters. The summed E-state index contributed by atoms with van der Waals surface area (Å²) < 4.78 is 40.7. The fourth-order valence-electron chi connectivity index (χ4n) is 4.45. The van der Waals surface area contributed by atoms with Crippen molar-refractivity contribution in [1.29, 1.82) is 0 Å². The van der Waals surface area contributed by atoms with E-state index in [2.05, 4.69) is 21.2 Å². The molecule has 0 bridgehead atoms. The lowest BCUT2D eigenvalue weighted by Crippen LogP contribution is -2.52. The molecular weight excluding hydrogens is 634 g/mol. The lowest BCUT2D eigenvalue weighted by Gasteiger charge is -2.33. The first-order valence-corrected chi connectivity index (χ1v) is 16.4. The van der Waals surface area contributed by atoms with Crippen molar-refractivity contribution >= 4 is 43.5 Å². The molecule has 0 heterocycles. The highest BCUT2D eigenvalue weighted by molar-refractivity contribution is 9.10. The number of nitrogens with one attached hydrogen (secondary N) is 1. The Morgan fingerprint density at radius 1 is 0.953 bits per heavy atom. The van der Waals surface area contributed by atoms with E-state index in [-0.39, 0.29) is 23.3 Å². The van der Waals surface area contributed by atoms with Gasteiger partial charge in [-0.25, -0.2) is 8.42 Å². The highest BCUT2D eigenvalue weighted by Crippen LogP contribution is 2.28. The molecule has 3 aromatic rings. The molecule has 0 aliphatic rings. The summed E-state index contributed by atoms with van der Waals surface area (Å²) in [6, 6.07) is 19.2. The molecular formula is C32H40BrN3O6S. The lowest BCUT2D eigenvalue weighted by atomic mass is 10.1. The van der Waals surface area contributed by atoms with Crippen molar-refractivity contribution < 1.29 is 27.5 Å². The highest BCUT2D eigenvalue weighted by Gasteiger charge is 2.33. The third-order valence-corrected chi connectivity index (χ3v) is 8.99. The number of halogens is 1. The van der Waals surface area contributed by atoms with E-state index < -0.39 is 28.5 Å². The van der Waals surface area contributed by atoms with Gasteiger partial charge in [0, 0.05) is 17.6 Å². The first-order chi connectivity index (χ1) is 20.5. The van der Waals surface area contributed by atoms with Gasteiger partial charge in [0.15, 0.2) is 0 Å². The molecule has 0 saturated carbocycles. The number of methoxy groups -OCH3 is 1. The van der Waals surface area contributed by atoms with Crippen LogP contribution in [0.15, 0.2) is 82.2 Å². The molecule has 2 amide bonds. The summed E-state index contributed by atoms with van der Waals surface area (Å²) in [5, 5.41) is 2.93. The summed E-state index contributed by atoms with van der Waals surface area (Å²) in [6.07, 6.45) is 0.335. The van der Waals surface area contributed by atoms with Gasteiger partial charge in [0.25, 0.3) is 10.0 Å². The van der Waals surface area contributed by atoms with Gasteiger partial charge >= 0.3 is 0 Å². The van der Waals surface area contributed by atoms with Crippen LogP contribution in [-0.4, -0.2) is 58.0 Å². The minimum Gasteiger partial charge on any atom is -0.497 e. The van der Waals surface area contributed by atoms with E-state index in [4.69, 9.17) is 9.47 Å². The molecule has 0 radical (unpaired) electrons. The number of hydrogen-bond donors (Lipinski definition) is 1. The molecule has 9 nitrogen and oxygen atoms in total. The molecule has 0 aliphatic carbocycles. The van der Waals surface area contributed by atoms with Crippen molar-refractivity contribution in [3.8, 4) is 11.5 Å². The average Bonchev–Trinajstić information content (AvgIpc) is 2.99. The maximum absolute atomic E-state index is 14.2. The third-order valence-electron chi connectivity index (χ3n) is 6.67. The van der Waals surface area contributed by atoms with Gasteiger partial charge in [-0.15, -0.1) is 0 Å². The van der Waals surface area contributed by atoms with Gasteiger partial charge in [-0.1, -0.05) is 48.8 Å². The Kier molecular flexibility index (Phi) is 12.4. The average molecular weight is 675 g/mol. The van der Waals surface area contributed by atoms with Crippen LogP contribution in [0.4, 0.5) is 5.69 Å². The first kappa shape index (κ1) is 33.9. The molecule has 1 unspecified atom stereocenters. The summed E-state index contributed by atoms with van der Waals surface area (Å²) in [5.41, 5.74) is 1.03. The molecule has 11 heteroatoms. The van der Waals surface area contributed by atoms with Crippen LogP contribution >= 0.6 is 15.9 Å². The van der Waals surface area contributed by atoms with Crippen molar-refractivity contribution in [2.75, 3.05) is 31.1 Å². The van der Waals surface area contributed by atoms with E-state index in [0.29, 0.717) is 36.8 Å². The van der Waals surface area contributed by atoms with E-state index in [0.717, 1.165) is 14.3 Å². The topological polar surface area (TPSA) is 105 Å². The van der Waals surface area contributed by atoms with Crippen LogP contribution in [0, 0.1) is 5.92 Å². The van der Waals surface area contributed by atoms with Gasteiger partial charge in [0.05, 0.1) is 24.3 Å². The number of carbonyl (C=O) groups excluding carboxylic acids is 2. The van der Waals surface area contributed by atoms with Crippen molar-refractivity contribution in [1.82, 2.24) is 10.2 Å². The Hall–Kier alpha value is -3.57. The zero-order valence-corrected chi connectivity index (χ0v) is 27.7. The second-order valence-corrected chi connectivity index (χ2v) is 13.1. The third kappa shape index (κ3) is 9.21. The second-order valence-electron chi connectivity index (χ2n) is 10.3. The maximum atomic E-state index is 14.2. The summed E-state index contributed by atoms with van der Waals surface area (Å²) in [7, 11) is -2.63. The van der Waals surface area contributed by atoms with Gasteiger partial charge in [0.2, 0.25) is 11.8 Å². The number of benzene rings is 3. The number of ether oxygens (including phenoxy) is 2. The minimum absolute atomic E-state index is 0.0263. The van der Waals surface area contributed by atoms with Gasteiger partial charge in [0.1, 0.15) is 24.1 Å². The summed E-state index contributed by atoms with van der Waals surface area (Å²) >= 11 is 3.35. The summed E-state index contributed by atoms with van der Waals surface area (Å²) in [6.45, 7) is 8.12.